The first-order valence-corrected chi connectivity index (χ1v) is 11.7. The number of nitrogens with zero attached hydrogens (tertiary/aromatic N) is 4. The van der Waals surface area contributed by atoms with Crippen LogP contribution in [0.5, 0.6) is 0 Å². The summed E-state index contributed by atoms with van der Waals surface area (Å²) in [7, 11) is 2.08. The van der Waals surface area contributed by atoms with E-state index in [0.717, 1.165) is 36.3 Å². The number of hydrogen-bond acceptors (Lipinski definition) is 7. The minimum atomic E-state index is -0.277. The lowest BCUT2D eigenvalue weighted by molar-refractivity contribution is 0.0945. The van der Waals surface area contributed by atoms with Crippen molar-refractivity contribution in [1.82, 2.24) is 30.4 Å². The molecule has 0 radical (unpaired) electrons. The standard InChI is InChI=1S/C24H23N7O2S/c1-31-10-7-18-21(14-31)34-24(27-18)28-22(32)17-4-2-3-15(11-17)13-26-23(33)20-12-19(29-30-20)16-5-8-25-9-6-16/h2-6,8-9,11-12H,7,10,13-14H2,1H3,(H,26,33)(H,29,30)(H,27,28,32). The van der Waals surface area contributed by atoms with Gasteiger partial charge in [-0.3, -0.25) is 25.0 Å². The molecule has 3 N–H and O–H groups in total. The van der Waals surface area contributed by atoms with Crippen LogP contribution in [0.4, 0.5) is 5.13 Å². The largest absolute Gasteiger partial charge is 0.347 e. The molecule has 2 amide bonds. The van der Waals surface area contributed by atoms with Gasteiger partial charge in [-0.2, -0.15) is 5.10 Å². The van der Waals surface area contributed by atoms with Crippen LogP contribution in [0.2, 0.25) is 0 Å². The zero-order valence-electron chi connectivity index (χ0n) is 18.5. The molecule has 4 aromatic rings. The third-order valence-electron chi connectivity index (χ3n) is 5.58. The minimum absolute atomic E-state index is 0.219. The summed E-state index contributed by atoms with van der Waals surface area (Å²) in [5, 5.41) is 13.4. The number of thiazole rings is 1. The maximum Gasteiger partial charge on any atom is 0.269 e. The van der Waals surface area contributed by atoms with E-state index in [1.54, 1.807) is 36.7 Å². The Labute approximate surface area is 200 Å². The predicted octanol–water partition coefficient (Wildman–Crippen LogP) is 3.10. The van der Waals surface area contributed by atoms with Crippen molar-refractivity contribution in [2.75, 3.05) is 18.9 Å². The van der Waals surface area contributed by atoms with E-state index < -0.39 is 0 Å². The Morgan fingerprint density at radius 3 is 2.85 bits per heavy atom. The van der Waals surface area contributed by atoms with Gasteiger partial charge in [0.2, 0.25) is 0 Å². The molecule has 34 heavy (non-hydrogen) atoms. The fourth-order valence-corrected chi connectivity index (χ4v) is 4.84. The van der Waals surface area contributed by atoms with Gasteiger partial charge in [-0.05, 0) is 42.9 Å². The average Bonchev–Trinajstić information content (AvgIpc) is 3.50. The van der Waals surface area contributed by atoms with Gasteiger partial charge in [-0.1, -0.05) is 12.1 Å². The van der Waals surface area contributed by atoms with E-state index in [-0.39, 0.29) is 18.4 Å². The lowest BCUT2D eigenvalue weighted by Gasteiger charge is -2.20. The van der Waals surface area contributed by atoms with Gasteiger partial charge >= 0.3 is 0 Å². The number of benzene rings is 1. The van der Waals surface area contributed by atoms with E-state index in [1.165, 1.54) is 16.2 Å². The van der Waals surface area contributed by atoms with E-state index in [1.807, 2.05) is 18.2 Å². The molecule has 0 unspecified atom stereocenters. The number of rotatable bonds is 6. The van der Waals surface area contributed by atoms with Crippen LogP contribution < -0.4 is 10.6 Å². The van der Waals surface area contributed by atoms with Crippen molar-refractivity contribution in [3.05, 3.63) is 82.3 Å². The first-order valence-electron chi connectivity index (χ1n) is 10.9. The molecule has 1 aromatic carbocycles. The van der Waals surface area contributed by atoms with Crippen LogP contribution in [0.1, 0.15) is 37.0 Å². The molecule has 172 valence electrons. The molecule has 0 saturated carbocycles. The summed E-state index contributed by atoms with van der Waals surface area (Å²) < 4.78 is 0. The summed E-state index contributed by atoms with van der Waals surface area (Å²) in [6, 6.07) is 12.5. The molecule has 0 fully saturated rings. The lowest BCUT2D eigenvalue weighted by Crippen LogP contribution is -2.25. The quantitative estimate of drug-likeness (QED) is 0.396. The Kier molecular flexibility index (Phi) is 6.15. The van der Waals surface area contributed by atoms with Gasteiger partial charge < -0.3 is 10.2 Å². The molecule has 0 atom stereocenters. The normalized spacial score (nSPS) is 13.3. The van der Waals surface area contributed by atoms with Crippen LogP contribution in [0.25, 0.3) is 11.3 Å². The predicted molar refractivity (Wildman–Crippen MR) is 130 cm³/mol. The highest BCUT2D eigenvalue weighted by Gasteiger charge is 2.19. The molecule has 3 aromatic heterocycles. The molecular formula is C24H23N7O2S. The smallest absolute Gasteiger partial charge is 0.269 e. The average molecular weight is 474 g/mol. The summed E-state index contributed by atoms with van der Waals surface area (Å²) in [6.07, 6.45) is 4.25. The van der Waals surface area contributed by atoms with Gasteiger partial charge in [-0.25, -0.2) is 4.98 Å². The van der Waals surface area contributed by atoms with Crippen molar-refractivity contribution in [3.63, 3.8) is 0 Å². The van der Waals surface area contributed by atoms with E-state index in [9.17, 15) is 9.59 Å². The first kappa shape index (κ1) is 21.9. The second-order valence-corrected chi connectivity index (χ2v) is 9.20. The maximum absolute atomic E-state index is 12.8. The van der Waals surface area contributed by atoms with Crippen LogP contribution in [-0.4, -0.2) is 50.5 Å². The first-order chi connectivity index (χ1) is 16.5. The Morgan fingerprint density at radius 1 is 1.15 bits per heavy atom. The van der Waals surface area contributed by atoms with Crippen LogP contribution in [0, 0.1) is 0 Å². The summed E-state index contributed by atoms with van der Waals surface area (Å²) in [6.45, 7) is 2.11. The summed E-state index contributed by atoms with van der Waals surface area (Å²) in [4.78, 5) is 37.3. The molecule has 9 nitrogen and oxygen atoms in total. The van der Waals surface area contributed by atoms with E-state index in [2.05, 4.69) is 42.7 Å². The third kappa shape index (κ3) is 4.87. The van der Waals surface area contributed by atoms with E-state index in [0.29, 0.717) is 22.1 Å². The van der Waals surface area contributed by atoms with Crippen LogP contribution in [-0.2, 0) is 19.5 Å². The number of aromatic nitrogens is 4. The third-order valence-corrected chi connectivity index (χ3v) is 6.58. The number of likely N-dealkylation sites (N-methyl/N-ethyl adjacent to an activating group) is 1. The molecular weight excluding hydrogens is 450 g/mol. The molecule has 4 heterocycles. The number of carbonyl (C=O) groups excluding carboxylic acids is 2. The molecule has 0 aliphatic carbocycles. The lowest BCUT2D eigenvalue weighted by atomic mass is 10.1. The summed E-state index contributed by atoms with van der Waals surface area (Å²) >= 11 is 1.52. The number of anilines is 1. The summed E-state index contributed by atoms with van der Waals surface area (Å²) in [5.41, 5.74) is 4.30. The van der Waals surface area contributed by atoms with Crippen molar-refractivity contribution in [2.45, 2.75) is 19.5 Å². The van der Waals surface area contributed by atoms with Gasteiger partial charge in [-0.15, -0.1) is 11.3 Å². The number of hydrogen-bond donors (Lipinski definition) is 3. The van der Waals surface area contributed by atoms with Gasteiger partial charge in [0.05, 0.1) is 11.4 Å². The second kappa shape index (κ2) is 9.54. The van der Waals surface area contributed by atoms with Crippen LogP contribution in [0.3, 0.4) is 0 Å². The second-order valence-electron chi connectivity index (χ2n) is 8.12. The molecule has 5 rings (SSSR count). The minimum Gasteiger partial charge on any atom is -0.347 e. The Balaban J connectivity index is 1.20. The Morgan fingerprint density at radius 2 is 2.00 bits per heavy atom. The van der Waals surface area contributed by atoms with Crippen LogP contribution >= 0.6 is 11.3 Å². The van der Waals surface area contributed by atoms with Gasteiger partial charge in [0.25, 0.3) is 11.8 Å². The highest BCUT2D eigenvalue weighted by atomic mass is 32.1. The molecule has 0 saturated heterocycles. The topological polar surface area (TPSA) is 116 Å². The van der Waals surface area contributed by atoms with Crippen molar-refractivity contribution >= 4 is 28.3 Å². The van der Waals surface area contributed by atoms with Crippen molar-refractivity contribution in [1.29, 1.82) is 0 Å². The van der Waals surface area contributed by atoms with Crippen LogP contribution in [0.15, 0.2) is 54.9 Å². The molecule has 0 spiro atoms. The van der Waals surface area contributed by atoms with Gasteiger partial charge in [0.1, 0.15) is 5.69 Å². The number of H-pyrrole nitrogens is 1. The number of aromatic amines is 1. The molecule has 1 aliphatic rings. The number of fused-ring (bicyclic) bond motifs is 1. The number of pyridine rings is 1. The van der Waals surface area contributed by atoms with Crippen molar-refractivity contribution in [3.8, 4) is 11.3 Å². The SMILES string of the molecule is CN1CCc2nc(NC(=O)c3cccc(CNC(=O)c4cc(-c5ccncc5)n[nH]4)c3)sc2C1. The number of carbonyl (C=O) groups is 2. The highest BCUT2D eigenvalue weighted by molar-refractivity contribution is 7.15. The zero-order chi connectivity index (χ0) is 23.5. The Bertz CT molecular complexity index is 1330. The van der Waals surface area contributed by atoms with Crippen molar-refractivity contribution in [2.24, 2.45) is 0 Å². The fourth-order valence-electron chi connectivity index (χ4n) is 3.75. The Hall–Kier alpha value is -3.89. The van der Waals surface area contributed by atoms with Gasteiger partial charge in [0.15, 0.2) is 5.13 Å². The summed E-state index contributed by atoms with van der Waals surface area (Å²) in [5.74, 6) is -0.496. The maximum atomic E-state index is 12.8. The molecule has 1 aliphatic heterocycles. The van der Waals surface area contributed by atoms with E-state index in [4.69, 9.17) is 0 Å². The van der Waals surface area contributed by atoms with Gasteiger partial charge in [0, 0.05) is 54.5 Å². The zero-order valence-corrected chi connectivity index (χ0v) is 19.4. The molecule has 10 heteroatoms. The fraction of sp³-hybridized carbons (Fsp3) is 0.208. The number of nitrogens with one attached hydrogen (secondary N) is 3. The number of amides is 2. The van der Waals surface area contributed by atoms with Crippen molar-refractivity contribution < 1.29 is 9.59 Å². The highest BCUT2D eigenvalue weighted by Crippen LogP contribution is 2.28. The monoisotopic (exact) mass is 473 g/mol. The van der Waals surface area contributed by atoms with E-state index >= 15 is 0 Å². The molecule has 0 bridgehead atoms.